The molecule has 0 heterocycles. The fourth-order valence-electron chi connectivity index (χ4n) is 3.20. The Hall–Kier alpha value is -3.03. The van der Waals surface area contributed by atoms with Crippen molar-refractivity contribution < 1.29 is 17.6 Å². The number of carbonyl (C=O) groups excluding carboxylic acids is 1. The smallest absolute Gasteiger partial charge is 0.238 e. The fraction of sp³-hybridized carbons (Fsp3) is 0.208. The first kappa shape index (κ1) is 22.7. The van der Waals surface area contributed by atoms with Gasteiger partial charge in [0.2, 0.25) is 15.9 Å². The van der Waals surface area contributed by atoms with Crippen molar-refractivity contribution in [3.05, 3.63) is 107 Å². The standard InChI is InChI=1S/C24H25FN2O3S/c1-31(29,30)27(18-22-14-8-9-15-23(22)25)19-24(28)26(16-20-10-4-2-5-11-20)17-21-12-6-3-7-13-21/h2-15H,16-19H2,1H3. The first-order valence-electron chi connectivity index (χ1n) is 9.87. The SMILES string of the molecule is CS(=O)(=O)N(CC(=O)N(Cc1ccccc1)Cc1ccccc1)Cc1ccccc1F. The van der Waals surface area contributed by atoms with Crippen LogP contribution in [0.1, 0.15) is 16.7 Å². The van der Waals surface area contributed by atoms with E-state index in [0.717, 1.165) is 21.7 Å². The summed E-state index contributed by atoms with van der Waals surface area (Å²) in [6, 6.07) is 25.0. The minimum Gasteiger partial charge on any atom is -0.333 e. The van der Waals surface area contributed by atoms with Crippen molar-refractivity contribution in [3.63, 3.8) is 0 Å². The van der Waals surface area contributed by atoms with Crippen LogP contribution in [0.25, 0.3) is 0 Å². The minimum atomic E-state index is -3.73. The largest absolute Gasteiger partial charge is 0.333 e. The average Bonchev–Trinajstić information content (AvgIpc) is 2.75. The van der Waals surface area contributed by atoms with Crippen LogP contribution in [0.15, 0.2) is 84.9 Å². The number of sulfonamides is 1. The highest BCUT2D eigenvalue weighted by atomic mass is 32.2. The summed E-state index contributed by atoms with van der Waals surface area (Å²) >= 11 is 0. The molecule has 5 nitrogen and oxygen atoms in total. The molecule has 3 aromatic rings. The van der Waals surface area contributed by atoms with Gasteiger partial charge in [0.15, 0.2) is 0 Å². The lowest BCUT2D eigenvalue weighted by molar-refractivity contribution is -0.132. The van der Waals surface area contributed by atoms with Crippen molar-refractivity contribution in [2.24, 2.45) is 0 Å². The van der Waals surface area contributed by atoms with Gasteiger partial charge in [-0.15, -0.1) is 0 Å². The van der Waals surface area contributed by atoms with E-state index in [0.29, 0.717) is 13.1 Å². The van der Waals surface area contributed by atoms with Gasteiger partial charge in [0, 0.05) is 25.2 Å². The molecule has 0 spiro atoms. The number of benzene rings is 3. The Bertz CT molecular complexity index is 1060. The average molecular weight is 441 g/mol. The molecule has 162 valence electrons. The van der Waals surface area contributed by atoms with E-state index < -0.39 is 15.8 Å². The van der Waals surface area contributed by atoms with Crippen LogP contribution in [0.4, 0.5) is 4.39 Å². The molecule has 3 rings (SSSR count). The van der Waals surface area contributed by atoms with Crippen LogP contribution in [0.3, 0.4) is 0 Å². The van der Waals surface area contributed by atoms with E-state index in [9.17, 15) is 17.6 Å². The van der Waals surface area contributed by atoms with Gasteiger partial charge in [0.25, 0.3) is 0 Å². The van der Waals surface area contributed by atoms with Crippen molar-refractivity contribution in [2.45, 2.75) is 19.6 Å². The van der Waals surface area contributed by atoms with E-state index in [-0.39, 0.29) is 24.6 Å². The molecule has 0 unspecified atom stereocenters. The molecule has 0 atom stereocenters. The molecule has 3 aromatic carbocycles. The zero-order chi connectivity index (χ0) is 22.3. The molecule has 31 heavy (non-hydrogen) atoms. The molecule has 0 aliphatic carbocycles. The van der Waals surface area contributed by atoms with Crippen LogP contribution in [0.2, 0.25) is 0 Å². The molecule has 0 saturated heterocycles. The van der Waals surface area contributed by atoms with Crippen molar-refractivity contribution in [1.29, 1.82) is 0 Å². The second-order valence-electron chi connectivity index (χ2n) is 7.34. The molecule has 0 fully saturated rings. The van der Waals surface area contributed by atoms with Gasteiger partial charge >= 0.3 is 0 Å². The third-order valence-corrected chi connectivity index (χ3v) is 6.07. The van der Waals surface area contributed by atoms with Gasteiger partial charge in [-0.2, -0.15) is 4.31 Å². The lowest BCUT2D eigenvalue weighted by Crippen LogP contribution is -2.41. The lowest BCUT2D eigenvalue weighted by Gasteiger charge is -2.27. The first-order chi connectivity index (χ1) is 14.8. The monoisotopic (exact) mass is 440 g/mol. The maximum atomic E-state index is 14.1. The zero-order valence-electron chi connectivity index (χ0n) is 17.3. The normalized spacial score (nSPS) is 11.5. The fourth-order valence-corrected chi connectivity index (χ4v) is 3.92. The summed E-state index contributed by atoms with van der Waals surface area (Å²) in [6.07, 6.45) is 1.03. The van der Waals surface area contributed by atoms with E-state index >= 15 is 0 Å². The molecule has 0 aliphatic rings. The summed E-state index contributed by atoms with van der Waals surface area (Å²) in [4.78, 5) is 14.8. The molecule has 0 saturated carbocycles. The Balaban J connectivity index is 1.82. The second-order valence-corrected chi connectivity index (χ2v) is 9.33. The molecule has 0 bridgehead atoms. The maximum absolute atomic E-state index is 14.1. The Morgan fingerprint density at radius 3 is 1.74 bits per heavy atom. The number of nitrogens with zero attached hydrogens (tertiary/aromatic N) is 2. The number of halogens is 1. The third-order valence-electron chi connectivity index (χ3n) is 4.87. The summed E-state index contributed by atoms with van der Waals surface area (Å²) in [5.41, 5.74) is 2.09. The Morgan fingerprint density at radius 1 is 0.774 bits per heavy atom. The van der Waals surface area contributed by atoms with Crippen molar-refractivity contribution in [3.8, 4) is 0 Å². The maximum Gasteiger partial charge on any atom is 0.238 e. The van der Waals surface area contributed by atoms with E-state index in [1.807, 2.05) is 60.7 Å². The van der Waals surface area contributed by atoms with Crippen LogP contribution < -0.4 is 0 Å². The van der Waals surface area contributed by atoms with E-state index in [4.69, 9.17) is 0 Å². The molecule has 7 heteroatoms. The van der Waals surface area contributed by atoms with E-state index in [1.165, 1.54) is 18.2 Å². The molecule has 0 radical (unpaired) electrons. The van der Waals surface area contributed by atoms with Gasteiger partial charge in [-0.05, 0) is 17.2 Å². The van der Waals surface area contributed by atoms with Crippen LogP contribution in [0, 0.1) is 5.82 Å². The molecule has 0 N–H and O–H groups in total. The highest BCUT2D eigenvalue weighted by Crippen LogP contribution is 2.15. The van der Waals surface area contributed by atoms with Gasteiger partial charge in [-0.3, -0.25) is 4.79 Å². The summed E-state index contributed by atoms with van der Waals surface area (Å²) in [5, 5.41) is 0. The summed E-state index contributed by atoms with van der Waals surface area (Å²) in [7, 11) is -3.73. The van der Waals surface area contributed by atoms with Crippen LogP contribution in [-0.4, -0.2) is 36.3 Å². The Labute approximate surface area is 182 Å². The van der Waals surface area contributed by atoms with Crippen LogP contribution >= 0.6 is 0 Å². The topological polar surface area (TPSA) is 57.7 Å². The number of carbonyl (C=O) groups is 1. The number of rotatable bonds is 9. The lowest BCUT2D eigenvalue weighted by atomic mass is 10.1. The van der Waals surface area contributed by atoms with Crippen LogP contribution in [0.5, 0.6) is 0 Å². The van der Waals surface area contributed by atoms with E-state index in [2.05, 4.69) is 0 Å². The van der Waals surface area contributed by atoms with Crippen LogP contribution in [-0.2, 0) is 34.5 Å². The molecular formula is C24H25FN2O3S. The zero-order valence-corrected chi connectivity index (χ0v) is 18.1. The van der Waals surface area contributed by atoms with E-state index in [1.54, 1.807) is 11.0 Å². The first-order valence-corrected chi connectivity index (χ1v) is 11.7. The highest BCUT2D eigenvalue weighted by Gasteiger charge is 2.25. The second kappa shape index (κ2) is 10.3. The van der Waals surface area contributed by atoms with Crippen molar-refractivity contribution in [2.75, 3.05) is 12.8 Å². The Morgan fingerprint density at radius 2 is 1.26 bits per heavy atom. The van der Waals surface area contributed by atoms with Gasteiger partial charge in [0.1, 0.15) is 5.82 Å². The third kappa shape index (κ3) is 6.73. The number of amides is 1. The molecule has 0 aliphatic heterocycles. The Kier molecular flexibility index (Phi) is 7.55. The van der Waals surface area contributed by atoms with Crippen molar-refractivity contribution in [1.82, 2.24) is 9.21 Å². The predicted octanol–water partition coefficient (Wildman–Crippen LogP) is 3.82. The quantitative estimate of drug-likeness (QED) is 0.508. The van der Waals surface area contributed by atoms with Gasteiger partial charge in [-0.25, -0.2) is 12.8 Å². The number of hydrogen-bond donors (Lipinski definition) is 0. The minimum absolute atomic E-state index is 0.207. The van der Waals surface area contributed by atoms with Gasteiger partial charge < -0.3 is 4.90 Å². The number of hydrogen-bond acceptors (Lipinski definition) is 3. The van der Waals surface area contributed by atoms with Crippen molar-refractivity contribution >= 4 is 15.9 Å². The predicted molar refractivity (Wildman–Crippen MR) is 119 cm³/mol. The highest BCUT2D eigenvalue weighted by molar-refractivity contribution is 7.88. The summed E-state index contributed by atoms with van der Waals surface area (Å²) < 4.78 is 39.8. The molecular weight excluding hydrogens is 415 g/mol. The summed E-state index contributed by atoms with van der Waals surface area (Å²) in [6.45, 7) is 0.104. The van der Waals surface area contributed by atoms with Gasteiger partial charge in [-0.1, -0.05) is 78.9 Å². The summed E-state index contributed by atoms with van der Waals surface area (Å²) in [5.74, 6) is -0.858. The molecule has 0 aromatic heterocycles. The van der Waals surface area contributed by atoms with Gasteiger partial charge in [0.05, 0.1) is 12.8 Å². The molecule has 1 amide bonds.